The summed E-state index contributed by atoms with van der Waals surface area (Å²) in [6, 6.07) is 11.3. The molecule has 1 aromatic carbocycles. The van der Waals surface area contributed by atoms with Crippen molar-refractivity contribution in [1.82, 2.24) is 15.2 Å². The minimum absolute atomic E-state index is 0.0131. The summed E-state index contributed by atoms with van der Waals surface area (Å²) in [7, 11) is 0. The third kappa shape index (κ3) is 5.97. The van der Waals surface area contributed by atoms with Gasteiger partial charge in [0.15, 0.2) is 6.61 Å². The van der Waals surface area contributed by atoms with E-state index in [1.807, 2.05) is 48.4 Å². The zero-order valence-electron chi connectivity index (χ0n) is 16.9. The average molecular weight is 414 g/mol. The molecule has 2 heterocycles. The van der Waals surface area contributed by atoms with Crippen molar-refractivity contribution in [3.63, 3.8) is 0 Å². The van der Waals surface area contributed by atoms with E-state index in [4.69, 9.17) is 4.74 Å². The van der Waals surface area contributed by atoms with Crippen LogP contribution in [-0.4, -0.2) is 54.2 Å². The molecular weight excluding hydrogens is 386 g/mol. The van der Waals surface area contributed by atoms with E-state index in [9.17, 15) is 9.59 Å². The number of amides is 2. The molecule has 0 aliphatic carbocycles. The Kier molecular flexibility index (Phi) is 7.52. The minimum Gasteiger partial charge on any atom is -0.484 e. The van der Waals surface area contributed by atoms with Crippen LogP contribution in [-0.2, 0) is 4.79 Å². The zero-order chi connectivity index (χ0) is 20.6. The number of benzene rings is 1. The van der Waals surface area contributed by atoms with E-state index in [1.54, 1.807) is 12.3 Å². The van der Waals surface area contributed by atoms with Gasteiger partial charge in [-0.2, -0.15) is 0 Å². The first-order valence-electron chi connectivity index (χ1n) is 9.81. The molecule has 3 rings (SSSR count). The number of pyridine rings is 1. The summed E-state index contributed by atoms with van der Waals surface area (Å²) in [5.41, 5.74) is 1.76. The standard InChI is InChI=1S/C22H27N3O3S/c1-16-5-3-6-18(13-16)28-15-20(26)24-14-17-8-11-25(12-9-17)22(27)19-7-4-10-23-21(19)29-2/h3-7,10,13,17H,8-9,11-12,14-15H2,1-2H3,(H,24,26). The van der Waals surface area contributed by atoms with Gasteiger partial charge in [0, 0.05) is 25.8 Å². The fraction of sp³-hybridized carbons (Fsp3) is 0.409. The minimum atomic E-state index is -0.120. The third-order valence-corrected chi connectivity index (χ3v) is 5.76. The van der Waals surface area contributed by atoms with E-state index in [2.05, 4.69) is 10.3 Å². The molecule has 154 valence electrons. The molecule has 0 unspecified atom stereocenters. The highest BCUT2D eigenvalue weighted by Crippen LogP contribution is 2.22. The fourth-order valence-corrected chi connectivity index (χ4v) is 3.93. The van der Waals surface area contributed by atoms with Crippen molar-refractivity contribution in [1.29, 1.82) is 0 Å². The number of aromatic nitrogens is 1. The first-order valence-corrected chi connectivity index (χ1v) is 11.0. The number of thioether (sulfide) groups is 1. The van der Waals surface area contributed by atoms with Crippen molar-refractivity contribution >= 4 is 23.6 Å². The maximum Gasteiger partial charge on any atom is 0.257 e. The van der Waals surface area contributed by atoms with E-state index < -0.39 is 0 Å². The molecule has 29 heavy (non-hydrogen) atoms. The fourth-order valence-electron chi connectivity index (χ4n) is 3.39. The summed E-state index contributed by atoms with van der Waals surface area (Å²) >= 11 is 1.49. The van der Waals surface area contributed by atoms with Crippen LogP contribution in [0.25, 0.3) is 0 Å². The van der Waals surface area contributed by atoms with Crippen molar-refractivity contribution in [3.8, 4) is 5.75 Å². The Bertz CT molecular complexity index is 851. The maximum absolute atomic E-state index is 12.8. The molecule has 2 amide bonds. The highest BCUT2D eigenvalue weighted by Gasteiger charge is 2.25. The van der Waals surface area contributed by atoms with Gasteiger partial charge in [0.1, 0.15) is 10.8 Å². The number of carbonyl (C=O) groups is 2. The predicted molar refractivity (Wildman–Crippen MR) is 114 cm³/mol. The van der Waals surface area contributed by atoms with Crippen LogP contribution in [0.3, 0.4) is 0 Å². The number of hydrogen-bond acceptors (Lipinski definition) is 5. The second-order valence-electron chi connectivity index (χ2n) is 7.21. The van der Waals surface area contributed by atoms with Crippen LogP contribution < -0.4 is 10.1 Å². The number of carbonyl (C=O) groups excluding carboxylic acids is 2. The van der Waals surface area contributed by atoms with E-state index in [-0.39, 0.29) is 18.4 Å². The lowest BCUT2D eigenvalue weighted by atomic mass is 9.96. The van der Waals surface area contributed by atoms with Crippen molar-refractivity contribution in [2.45, 2.75) is 24.8 Å². The van der Waals surface area contributed by atoms with Crippen LogP contribution in [0.4, 0.5) is 0 Å². The maximum atomic E-state index is 12.8. The van der Waals surface area contributed by atoms with Crippen LogP contribution in [0.1, 0.15) is 28.8 Å². The van der Waals surface area contributed by atoms with Crippen molar-refractivity contribution in [2.75, 3.05) is 32.5 Å². The number of hydrogen-bond donors (Lipinski definition) is 1. The number of aryl methyl sites for hydroxylation is 1. The smallest absolute Gasteiger partial charge is 0.257 e. The van der Waals surface area contributed by atoms with Gasteiger partial charge in [-0.05, 0) is 61.8 Å². The Morgan fingerprint density at radius 1 is 1.24 bits per heavy atom. The first kappa shape index (κ1) is 21.2. The van der Waals surface area contributed by atoms with Gasteiger partial charge in [-0.25, -0.2) is 4.98 Å². The van der Waals surface area contributed by atoms with E-state index in [1.165, 1.54) is 11.8 Å². The molecule has 0 bridgehead atoms. The summed E-state index contributed by atoms with van der Waals surface area (Å²) in [5, 5.41) is 3.71. The summed E-state index contributed by atoms with van der Waals surface area (Å²) in [6.45, 7) is 4.00. The molecule has 2 aromatic rings. The van der Waals surface area contributed by atoms with Crippen molar-refractivity contribution < 1.29 is 14.3 Å². The topological polar surface area (TPSA) is 71.5 Å². The van der Waals surface area contributed by atoms with Gasteiger partial charge in [0.2, 0.25) is 0 Å². The number of nitrogens with one attached hydrogen (secondary N) is 1. The Balaban J connectivity index is 1.40. The Morgan fingerprint density at radius 3 is 2.76 bits per heavy atom. The highest BCUT2D eigenvalue weighted by molar-refractivity contribution is 7.98. The third-order valence-electron chi connectivity index (χ3n) is 5.04. The van der Waals surface area contributed by atoms with E-state index in [0.29, 0.717) is 36.9 Å². The van der Waals surface area contributed by atoms with E-state index >= 15 is 0 Å². The lowest BCUT2D eigenvalue weighted by Crippen LogP contribution is -2.42. The normalized spacial score (nSPS) is 14.5. The number of piperidine rings is 1. The van der Waals surface area contributed by atoms with Crippen LogP contribution in [0.2, 0.25) is 0 Å². The molecular formula is C22H27N3O3S. The Labute approximate surface area is 176 Å². The summed E-state index contributed by atoms with van der Waals surface area (Å²) < 4.78 is 5.53. The summed E-state index contributed by atoms with van der Waals surface area (Å²) in [4.78, 5) is 31.0. The van der Waals surface area contributed by atoms with Crippen LogP contribution in [0.15, 0.2) is 47.6 Å². The van der Waals surface area contributed by atoms with Crippen LogP contribution >= 0.6 is 11.8 Å². The predicted octanol–water partition coefficient (Wildman–Crippen LogP) is 3.16. The molecule has 1 N–H and O–H groups in total. The number of ether oxygens (including phenoxy) is 1. The van der Waals surface area contributed by atoms with Crippen LogP contribution in [0.5, 0.6) is 5.75 Å². The number of rotatable bonds is 7. The second-order valence-corrected chi connectivity index (χ2v) is 8.00. The SMILES string of the molecule is CSc1ncccc1C(=O)N1CCC(CNC(=O)COc2cccc(C)c2)CC1. The molecule has 1 saturated heterocycles. The first-order chi connectivity index (χ1) is 14.1. The van der Waals surface area contributed by atoms with Crippen molar-refractivity contribution in [2.24, 2.45) is 5.92 Å². The van der Waals surface area contributed by atoms with E-state index in [0.717, 1.165) is 23.4 Å². The molecule has 1 aliphatic heterocycles. The zero-order valence-corrected chi connectivity index (χ0v) is 17.7. The molecule has 1 aliphatic rings. The molecule has 0 saturated carbocycles. The van der Waals surface area contributed by atoms with Crippen molar-refractivity contribution in [3.05, 3.63) is 53.7 Å². The number of nitrogens with zero attached hydrogens (tertiary/aromatic N) is 2. The highest BCUT2D eigenvalue weighted by atomic mass is 32.2. The molecule has 0 radical (unpaired) electrons. The second kappa shape index (κ2) is 10.3. The van der Waals surface area contributed by atoms with Gasteiger partial charge >= 0.3 is 0 Å². The van der Waals surface area contributed by atoms with Gasteiger partial charge in [-0.3, -0.25) is 9.59 Å². The quantitative estimate of drug-likeness (QED) is 0.706. The molecule has 0 spiro atoms. The summed E-state index contributed by atoms with van der Waals surface area (Å²) in [5.74, 6) is 0.990. The van der Waals surface area contributed by atoms with Gasteiger partial charge in [0.25, 0.3) is 11.8 Å². The number of likely N-dealkylation sites (tertiary alicyclic amines) is 1. The van der Waals surface area contributed by atoms with Gasteiger partial charge < -0.3 is 15.0 Å². The Hall–Kier alpha value is -2.54. The van der Waals surface area contributed by atoms with Gasteiger partial charge in [0.05, 0.1) is 5.56 Å². The molecule has 0 atom stereocenters. The Morgan fingerprint density at radius 2 is 2.03 bits per heavy atom. The molecule has 6 nitrogen and oxygen atoms in total. The largest absolute Gasteiger partial charge is 0.484 e. The summed E-state index contributed by atoms with van der Waals surface area (Å²) in [6.07, 6.45) is 5.39. The lowest BCUT2D eigenvalue weighted by molar-refractivity contribution is -0.123. The van der Waals surface area contributed by atoms with Gasteiger partial charge in [-0.15, -0.1) is 11.8 Å². The molecule has 1 fully saturated rings. The monoisotopic (exact) mass is 413 g/mol. The average Bonchev–Trinajstić information content (AvgIpc) is 2.76. The molecule has 1 aromatic heterocycles. The van der Waals surface area contributed by atoms with Crippen LogP contribution in [0, 0.1) is 12.8 Å². The van der Waals surface area contributed by atoms with Gasteiger partial charge in [-0.1, -0.05) is 12.1 Å². The lowest BCUT2D eigenvalue weighted by Gasteiger charge is -2.32. The molecule has 7 heteroatoms.